The number of methoxy groups -OCH3 is 1. The van der Waals surface area contributed by atoms with Crippen molar-refractivity contribution >= 4 is 52.0 Å². The molecule has 4 rings (SSSR count). The van der Waals surface area contributed by atoms with Crippen molar-refractivity contribution in [2.75, 3.05) is 13.7 Å². The number of carbonyl (C=O) groups is 2. The van der Waals surface area contributed by atoms with Gasteiger partial charge in [0, 0.05) is 21.7 Å². The third-order valence-corrected chi connectivity index (χ3v) is 6.35. The average Bonchev–Trinajstić information content (AvgIpc) is 3.20. The van der Waals surface area contributed by atoms with Crippen molar-refractivity contribution in [1.82, 2.24) is 4.57 Å². The molecule has 0 bridgehead atoms. The maximum Gasteiger partial charge on any atom is 0.310 e. The highest BCUT2D eigenvalue weighted by Crippen LogP contribution is 2.34. The Morgan fingerprint density at radius 1 is 1.03 bits per heavy atom. The van der Waals surface area contributed by atoms with Crippen LogP contribution >= 0.6 is 11.6 Å². The number of nitrogens with two attached hydrogens (primary N) is 1. The molecule has 4 aromatic rings. The molecule has 0 saturated carbocycles. The van der Waals surface area contributed by atoms with Gasteiger partial charge in [-0.05, 0) is 67.9 Å². The predicted octanol–water partition coefficient (Wildman–Crippen LogP) is 5.41. The summed E-state index contributed by atoms with van der Waals surface area (Å²) in [6.45, 7) is 3.63. The fourth-order valence-electron chi connectivity index (χ4n) is 4.11. The number of benzene rings is 3. The van der Waals surface area contributed by atoms with Crippen LogP contribution in [0.5, 0.6) is 5.75 Å². The van der Waals surface area contributed by atoms with E-state index < -0.39 is 5.97 Å². The zero-order valence-electron chi connectivity index (χ0n) is 21.3. The highest BCUT2D eigenvalue weighted by Gasteiger charge is 2.24. The van der Waals surface area contributed by atoms with Gasteiger partial charge in [-0.25, -0.2) is 0 Å². The van der Waals surface area contributed by atoms with Crippen molar-refractivity contribution in [2.45, 2.75) is 20.3 Å². The van der Waals surface area contributed by atoms with Crippen molar-refractivity contribution in [2.24, 2.45) is 15.9 Å². The predicted molar refractivity (Wildman–Crippen MR) is 150 cm³/mol. The lowest BCUT2D eigenvalue weighted by atomic mass is 10.1. The zero-order chi connectivity index (χ0) is 27.2. The molecule has 8 nitrogen and oxygen atoms in total. The van der Waals surface area contributed by atoms with Crippen LogP contribution in [0, 0.1) is 13.8 Å². The van der Waals surface area contributed by atoms with Crippen LogP contribution in [0.25, 0.3) is 10.9 Å². The summed E-state index contributed by atoms with van der Waals surface area (Å²) < 4.78 is 12.6. The van der Waals surface area contributed by atoms with Crippen molar-refractivity contribution in [3.05, 3.63) is 94.1 Å². The summed E-state index contributed by atoms with van der Waals surface area (Å²) in [5.74, 6) is 5.26. The highest BCUT2D eigenvalue weighted by molar-refractivity contribution is 6.32. The third kappa shape index (κ3) is 5.76. The van der Waals surface area contributed by atoms with Gasteiger partial charge in [-0.15, -0.1) is 0 Å². The van der Waals surface area contributed by atoms with Crippen molar-refractivity contribution in [1.29, 1.82) is 0 Å². The normalized spacial score (nSPS) is 11.7. The summed E-state index contributed by atoms with van der Waals surface area (Å²) in [5.41, 5.74) is 4.47. The number of nitrogens with zero attached hydrogens (tertiary/aromatic N) is 3. The van der Waals surface area contributed by atoms with E-state index >= 15 is 0 Å². The Balaban J connectivity index is 1.58. The lowest BCUT2D eigenvalue weighted by molar-refractivity contribution is -0.141. The molecule has 0 fully saturated rings. The molecule has 0 aliphatic heterocycles. The monoisotopic (exact) mass is 530 g/mol. The molecule has 1 aromatic heterocycles. The number of esters is 1. The van der Waals surface area contributed by atoms with Gasteiger partial charge >= 0.3 is 5.97 Å². The molecule has 38 heavy (non-hydrogen) atoms. The largest absolute Gasteiger partial charge is 0.496 e. The van der Waals surface area contributed by atoms with E-state index in [-0.39, 0.29) is 18.9 Å². The number of ether oxygens (including phenoxy) is 2. The smallest absolute Gasteiger partial charge is 0.310 e. The number of aromatic nitrogens is 1. The highest BCUT2D eigenvalue weighted by atomic mass is 35.5. The van der Waals surface area contributed by atoms with Crippen LogP contribution in [0.1, 0.15) is 27.2 Å². The first-order chi connectivity index (χ1) is 18.3. The number of hydrogen-bond donors (Lipinski definition) is 1. The molecule has 0 atom stereocenters. The van der Waals surface area contributed by atoms with Gasteiger partial charge in [0.15, 0.2) is 0 Å². The van der Waals surface area contributed by atoms with Gasteiger partial charge in [0.25, 0.3) is 5.91 Å². The van der Waals surface area contributed by atoms with Gasteiger partial charge in [-0.1, -0.05) is 35.4 Å². The standard InChI is InChI=1S/C29H27ClN4O4/c1-18-7-13-22(14-8-18)32-16-23(33-31)17-38-27(35)15-24-19(2)34(25-5-4-6-26(37-3)28(24)25)29(36)20-9-11-21(30)12-10-20/h4-14,16H,15,17,31H2,1-3H3/b32-16?,33-23+. The lowest BCUT2D eigenvalue weighted by Gasteiger charge is -2.08. The van der Waals surface area contributed by atoms with Gasteiger partial charge in [-0.2, -0.15) is 5.10 Å². The van der Waals surface area contributed by atoms with Crippen LogP contribution in [-0.2, 0) is 16.0 Å². The average molecular weight is 531 g/mol. The zero-order valence-corrected chi connectivity index (χ0v) is 22.0. The molecular formula is C29H27ClN4O4. The molecule has 1 heterocycles. The van der Waals surface area contributed by atoms with Gasteiger partial charge in [0.1, 0.15) is 18.1 Å². The van der Waals surface area contributed by atoms with E-state index in [4.69, 9.17) is 26.9 Å². The van der Waals surface area contributed by atoms with Crippen LogP contribution in [0.15, 0.2) is 76.8 Å². The second-order valence-electron chi connectivity index (χ2n) is 8.62. The second kappa shape index (κ2) is 11.7. The van der Waals surface area contributed by atoms with Crippen molar-refractivity contribution < 1.29 is 19.1 Å². The number of aliphatic imine (C=N–C) groups is 1. The Morgan fingerprint density at radius 3 is 2.39 bits per heavy atom. The number of hydrazone groups is 1. The Morgan fingerprint density at radius 2 is 1.74 bits per heavy atom. The van der Waals surface area contributed by atoms with E-state index in [1.54, 1.807) is 55.0 Å². The van der Waals surface area contributed by atoms with Crippen molar-refractivity contribution in [3.8, 4) is 5.75 Å². The summed E-state index contributed by atoms with van der Waals surface area (Å²) in [6.07, 6.45) is 1.37. The van der Waals surface area contributed by atoms with Gasteiger partial charge in [0.05, 0.1) is 30.9 Å². The van der Waals surface area contributed by atoms with Crippen LogP contribution in [0.2, 0.25) is 5.02 Å². The number of aryl methyl sites for hydroxylation is 1. The van der Waals surface area contributed by atoms with Gasteiger partial charge in [-0.3, -0.25) is 19.1 Å². The number of fused-ring (bicyclic) bond motifs is 1. The second-order valence-corrected chi connectivity index (χ2v) is 9.05. The van der Waals surface area contributed by atoms with Crippen molar-refractivity contribution in [3.63, 3.8) is 0 Å². The molecule has 2 N–H and O–H groups in total. The topological polar surface area (TPSA) is 108 Å². The van der Waals surface area contributed by atoms with E-state index in [9.17, 15) is 9.59 Å². The summed E-state index contributed by atoms with van der Waals surface area (Å²) in [4.78, 5) is 30.7. The maximum atomic E-state index is 13.5. The maximum absolute atomic E-state index is 13.5. The lowest BCUT2D eigenvalue weighted by Crippen LogP contribution is -2.18. The molecule has 0 unspecified atom stereocenters. The summed E-state index contributed by atoms with van der Waals surface area (Å²) >= 11 is 6.00. The van der Waals surface area contributed by atoms with Crippen LogP contribution in [-0.4, -0.2) is 42.1 Å². The van der Waals surface area contributed by atoms with E-state index in [2.05, 4.69) is 10.1 Å². The molecule has 3 aromatic carbocycles. The van der Waals surface area contributed by atoms with Crippen LogP contribution in [0.4, 0.5) is 5.69 Å². The molecule has 0 spiro atoms. The number of carbonyl (C=O) groups excluding carboxylic acids is 2. The number of hydrogen-bond acceptors (Lipinski definition) is 7. The fourth-order valence-corrected chi connectivity index (χ4v) is 4.24. The molecule has 0 amide bonds. The number of rotatable bonds is 8. The fraction of sp³-hybridized carbons (Fsp3) is 0.172. The first kappa shape index (κ1) is 26.6. The summed E-state index contributed by atoms with van der Waals surface area (Å²) in [5, 5.41) is 4.87. The minimum Gasteiger partial charge on any atom is -0.496 e. The van der Waals surface area contributed by atoms with E-state index in [1.165, 1.54) is 6.21 Å². The molecular weight excluding hydrogens is 504 g/mol. The molecule has 0 saturated heterocycles. The Kier molecular flexibility index (Phi) is 8.23. The molecule has 0 radical (unpaired) electrons. The van der Waals surface area contributed by atoms with E-state index in [0.29, 0.717) is 44.2 Å². The quantitative estimate of drug-likeness (QED) is 0.142. The first-order valence-corrected chi connectivity index (χ1v) is 12.2. The summed E-state index contributed by atoms with van der Waals surface area (Å²) in [6, 6.07) is 19.7. The van der Waals surface area contributed by atoms with E-state index in [1.807, 2.05) is 37.3 Å². The minimum atomic E-state index is -0.512. The van der Waals surface area contributed by atoms with E-state index in [0.717, 1.165) is 11.3 Å². The molecule has 194 valence electrons. The number of halogens is 1. The summed E-state index contributed by atoms with van der Waals surface area (Å²) in [7, 11) is 1.54. The Hall–Kier alpha value is -4.43. The molecule has 0 aliphatic carbocycles. The minimum absolute atomic E-state index is 0.0867. The third-order valence-electron chi connectivity index (χ3n) is 6.10. The molecule has 9 heteroatoms. The Labute approximate surface area is 225 Å². The van der Waals surface area contributed by atoms with Crippen LogP contribution in [0.3, 0.4) is 0 Å². The SMILES string of the molecule is COc1cccc2c1c(CC(=O)OC/C(C=Nc1ccc(C)cc1)=N/N)c(C)n2C(=O)c1ccc(Cl)cc1. The first-order valence-electron chi connectivity index (χ1n) is 11.8. The van der Waals surface area contributed by atoms with Gasteiger partial charge < -0.3 is 15.3 Å². The molecule has 0 aliphatic rings. The van der Waals surface area contributed by atoms with Crippen LogP contribution < -0.4 is 10.6 Å². The van der Waals surface area contributed by atoms with Gasteiger partial charge in [0.2, 0.25) is 0 Å². The Bertz CT molecular complexity index is 1540.